The first-order chi connectivity index (χ1) is 49.7. The normalized spacial score (nSPS) is 15.0. The molecule has 0 heterocycles. The van der Waals surface area contributed by atoms with Gasteiger partial charge in [-0.2, -0.15) is 0 Å². The zero-order valence-corrected chi connectivity index (χ0v) is 64.2. The standard InChI is InChI=1S/C83H130O17P2/c1-5-9-13-17-21-25-29-33-36-37-38-39-42-45-48-52-56-60-64-68-81(86)94-73-78(99-82(87)69-65-61-57-53-49-43-32-28-24-20-16-12-8-4)75-97-101(89,90)95-71-77(84)72-96-102(91,92)98-76-79(100-83(88)70-66-62-58-54-50-46-41-35-31-27-23-19-15-11-7-3)74-93-80(85)67-63-59-55-51-47-44-40-34-30-26-22-18-14-10-6-2/h9-11,13-16,20-23,25-28,32-36,38-41,45,47-48,50-51,54,56,60,77-79,84H,5-8,12,17-19,24,29-31,37,42-44,46,49,52-53,55,57-59,61-76H2,1-4H3,(H,89,90)(H,91,92)/b13-9-,14-10-,15-11-,20-16-,25-21-,26-22-,27-23-,32-28-,36-33-,39-38-,40-34-,41-35-,48-45-,51-47-,54-50-,60-56-. The molecule has 0 spiro atoms. The molecule has 0 aliphatic rings. The van der Waals surface area contributed by atoms with Crippen LogP contribution >= 0.6 is 15.6 Å². The third-order valence-corrected chi connectivity index (χ3v) is 16.4. The number of carbonyl (C=O) groups excluding carboxylic acids is 4. The zero-order valence-electron chi connectivity index (χ0n) is 62.4. The molecule has 0 rings (SSSR count). The molecule has 102 heavy (non-hydrogen) atoms. The number of aliphatic hydroxyl groups is 1. The van der Waals surface area contributed by atoms with Gasteiger partial charge in [-0.15, -0.1) is 0 Å². The summed E-state index contributed by atoms with van der Waals surface area (Å²) in [7, 11) is -10.0. The summed E-state index contributed by atoms with van der Waals surface area (Å²) in [5.41, 5.74) is 0. The van der Waals surface area contributed by atoms with Crippen molar-refractivity contribution in [1.29, 1.82) is 0 Å². The highest BCUT2D eigenvalue weighted by atomic mass is 31.2. The van der Waals surface area contributed by atoms with E-state index in [0.29, 0.717) is 38.5 Å². The average Bonchev–Trinajstić information content (AvgIpc) is 0.908. The van der Waals surface area contributed by atoms with E-state index in [2.05, 4.69) is 198 Å². The Kier molecular flexibility index (Phi) is 68.8. The van der Waals surface area contributed by atoms with E-state index in [1.165, 1.54) is 0 Å². The topological polar surface area (TPSA) is 237 Å². The van der Waals surface area contributed by atoms with Crippen LogP contribution in [0.4, 0.5) is 0 Å². The predicted octanol–water partition coefficient (Wildman–Crippen LogP) is 21.8. The van der Waals surface area contributed by atoms with Crippen molar-refractivity contribution >= 4 is 39.5 Å². The smallest absolute Gasteiger partial charge is 0.462 e. The fourth-order valence-corrected chi connectivity index (χ4v) is 10.5. The monoisotopic (exact) mass is 1460 g/mol. The van der Waals surface area contributed by atoms with Crippen molar-refractivity contribution in [3.8, 4) is 0 Å². The van der Waals surface area contributed by atoms with Gasteiger partial charge in [0, 0.05) is 25.7 Å². The molecule has 0 bridgehead atoms. The van der Waals surface area contributed by atoms with Crippen LogP contribution < -0.4 is 0 Å². The van der Waals surface area contributed by atoms with Crippen molar-refractivity contribution in [1.82, 2.24) is 0 Å². The number of hydrogen-bond acceptors (Lipinski definition) is 15. The first-order valence-electron chi connectivity index (χ1n) is 37.7. The van der Waals surface area contributed by atoms with Gasteiger partial charge < -0.3 is 33.8 Å². The summed E-state index contributed by atoms with van der Waals surface area (Å²) in [5.74, 6) is -2.41. The van der Waals surface area contributed by atoms with Crippen LogP contribution in [0.3, 0.4) is 0 Å². The van der Waals surface area contributed by atoms with Crippen LogP contribution in [-0.2, 0) is 65.4 Å². The van der Waals surface area contributed by atoms with Crippen LogP contribution in [0.1, 0.15) is 246 Å². The maximum atomic E-state index is 13.1. The molecule has 0 aliphatic heterocycles. The predicted molar refractivity (Wildman–Crippen MR) is 417 cm³/mol. The molecule has 5 unspecified atom stereocenters. The molecule has 0 saturated carbocycles. The summed E-state index contributed by atoms with van der Waals surface area (Å²) in [4.78, 5) is 72.8. The molecule has 0 aromatic rings. The first kappa shape index (κ1) is 95.9. The molecule has 3 N–H and O–H groups in total. The lowest BCUT2D eigenvalue weighted by molar-refractivity contribution is -0.161. The van der Waals surface area contributed by atoms with Gasteiger partial charge in [0.2, 0.25) is 0 Å². The molecular formula is C83H130O17P2. The summed E-state index contributed by atoms with van der Waals surface area (Å²) in [6.07, 6.45) is 88.8. The highest BCUT2D eigenvalue weighted by Gasteiger charge is 2.30. The molecular weight excluding hydrogens is 1330 g/mol. The summed E-state index contributed by atoms with van der Waals surface area (Å²) in [5, 5.41) is 10.6. The van der Waals surface area contributed by atoms with Crippen LogP contribution in [0.15, 0.2) is 194 Å². The van der Waals surface area contributed by atoms with Crippen molar-refractivity contribution in [3.05, 3.63) is 194 Å². The van der Waals surface area contributed by atoms with E-state index in [-0.39, 0.29) is 25.7 Å². The first-order valence-corrected chi connectivity index (χ1v) is 40.7. The Morgan fingerprint density at radius 2 is 0.529 bits per heavy atom. The summed E-state index contributed by atoms with van der Waals surface area (Å²) < 4.78 is 68.3. The van der Waals surface area contributed by atoms with Crippen molar-refractivity contribution in [2.75, 3.05) is 39.6 Å². The van der Waals surface area contributed by atoms with E-state index in [1.807, 2.05) is 24.3 Å². The minimum atomic E-state index is -5.01. The number of carbonyl (C=O) groups is 4. The molecule has 0 radical (unpaired) electrons. The van der Waals surface area contributed by atoms with Crippen molar-refractivity contribution in [2.24, 2.45) is 0 Å². The number of hydrogen-bond donors (Lipinski definition) is 3. The molecule has 0 fully saturated rings. The van der Waals surface area contributed by atoms with Gasteiger partial charge in [-0.3, -0.25) is 37.3 Å². The Balaban J connectivity index is 5.51. The molecule has 574 valence electrons. The Bertz CT molecular complexity index is 2700. The molecule has 0 aromatic heterocycles. The van der Waals surface area contributed by atoms with Gasteiger partial charge in [-0.05, 0) is 167 Å². The Morgan fingerprint density at radius 3 is 0.863 bits per heavy atom. The van der Waals surface area contributed by atoms with Gasteiger partial charge in [0.15, 0.2) is 12.2 Å². The number of phosphoric ester groups is 2. The second kappa shape index (κ2) is 73.2. The molecule has 19 heteroatoms. The third-order valence-electron chi connectivity index (χ3n) is 14.5. The number of allylic oxidation sites excluding steroid dienone is 32. The van der Waals surface area contributed by atoms with Gasteiger partial charge in [-0.1, -0.05) is 248 Å². The lowest BCUT2D eigenvalue weighted by Crippen LogP contribution is -2.30. The maximum Gasteiger partial charge on any atom is 0.472 e. The average molecular weight is 1460 g/mol. The Hall–Kier alpha value is -6.10. The fourth-order valence-electron chi connectivity index (χ4n) is 8.91. The number of esters is 4. The molecule has 0 aliphatic carbocycles. The lowest BCUT2D eigenvalue weighted by atomic mass is 10.1. The number of aliphatic hydroxyl groups excluding tert-OH is 1. The number of ether oxygens (including phenoxy) is 4. The van der Waals surface area contributed by atoms with Gasteiger partial charge in [-0.25, -0.2) is 9.13 Å². The molecule has 0 saturated heterocycles. The highest BCUT2D eigenvalue weighted by molar-refractivity contribution is 7.47. The van der Waals surface area contributed by atoms with Crippen LogP contribution in [0.25, 0.3) is 0 Å². The third kappa shape index (κ3) is 72.3. The van der Waals surface area contributed by atoms with Crippen LogP contribution in [0, 0.1) is 0 Å². The van der Waals surface area contributed by atoms with Crippen molar-refractivity contribution < 1.29 is 80.2 Å². The van der Waals surface area contributed by atoms with Gasteiger partial charge in [0.25, 0.3) is 0 Å². The molecule has 5 atom stereocenters. The Morgan fingerprint density at radius 1 is 0.284 bits per heavy atom. The molecule has 17 nitrogen and oxygen atoms in total. The van der Waals surface area contributed by atoms with Crippen molar-refractivity contribution in [2.45, 2.75) is 264 Å². The second-order valence-corrected chi connectivity index (χ2v) is 27.0. The lowest BCUT2D eigenvalue weighted by Gasteiger charge is -2.21. The molecule has 0 amide bonds. The summed E-state index contributed by atoms with van der Waals surface area (Å²) in [6, 6.07) is 0. The van der Waals surface area contributed by atoms with E-state index in [1.54, 1.807) is 0 Å². The van der Waals surface area contributed by atoms with Crippen LogP contribution in [0.5, 0.6) is 0 Å². The van der Waals surface area contributed by atoms with E-state index in [0.717, 1.165) is 154 Å². The Labute approximate surface area is 615 Å². The molecule has 0 aromatic carbocycles. The number of rotatable bonds is 68. The summed E-state index contributed by atoms with van der Waals surface area (Å²) in [6.45, 7) is 4.21. The van der Waals surface area contributed by atoms with E-state index < -0.39 is 97.5 Å². The van der Waals surface area contributed by atoms with E-state index >= 15 is 0 Å². The quantitative estimate of drug-likeness (QED) is 0.0169. The van der Waals surface area contributed by atoms with Crippen LogP contribution in [0.2, 0.25) is 0 Å². The largest absolute Gasteiger partial charge is 0.472 e. The summed E-state index contributed by atoms with van der Waals surface area (Å²) >= 11 is 0. The van der Waals surface area contributed by atoms with Gasteiger partial charge in [0.05, 0.1) is 26.4 Å². The van der Waals surface area contributed by atoms with E-state index in [9.17, 15) is 43.2 Å². The minimum absolute atomic E-state index is 0.0235. The highest BCUT2D eigenvalue weighted by Crippen LogP contribution is 2.45. The van der Waals surface area contributed by atoms with Gasteiger partial charge >= 0.3 is 39.5 Å². The maximum absolute atomic E-state index is 13.1. The van der Waals surface area contributed by atoms with Gasteiger partial charge in [0.1, 0.15) is 19.3 Å². The van der Waals surface area contributed by atoms with Crippen molar-refractivity contribution in [3.63, 3.8) is 0 Å². The second-order valence-electron chi connectivity index (χ2n) is 24.1. The van der Waals surface area contributed by atoms with E-state index in [4.69, 9.17) is 37.0 Å². The van der Waals surface area contributed by atoms with Crippen LogP contribution in [-0.4, -0.2) is 96.7 Å². The number of unbranched alkanes of at least 4 members (excludes halogenated alkanes) is 10. The fraction of sp³-hybridized carbons (Fsp3) is 0.566. The number of phosphoric acid groups is 2. The zero-order chi connectivity index (χ0) is 74.6. The minimum Gasteiger partial charge on any atom is -0.462 e. The SMILES string of the molecule is CC/C=C\C/C=C\C/C=C\C/C=C\C/C=C\C/C=C\CCC(=O)OCC(COP(=O)(O)OCC(O)COP(=O)(O)OCC(COC(=O)CCCC/C=C\C/C=C\C/C=C\C/C=C\CC)OC(=O)CCCC/C=C\C/C=C\C/C=C\C/C=C\CC)OC(=O)CCCCCCC/C=C\C/C=C\CCC.